The molecule has 4 aromatic heterocycles. The van der Waals surface area contributed by atoms with Crippen LogP contribution in [0, 0.1) is 0 Å². The molecule has 5 aromatic rings. The number of aryl methyl sites for hydroxylation is 1. The molecule has 1 aromatic carbocycles. The van der Waals surface area contributed by atoms with E-state index in [0.717, 1.165) is 50.8 Å². The molecule has 1 aliphatic heterocycles. The number of hydrogen-bond acceptors (Lipinski definition) is 7. The van der Waals surface area contributed by atoms with Gasteiger partial charge in [-0.3, -0.25) is 14.1 Å². The summed E-state index contributed by atoms with van der Waals surface area (Å²) < 4.78 is 3.84. The molecule has 0 radical (unpaired) electrons. The molecular weight excluding hydrogens is 444 g/mol. The summed E-state index contributed by atoms with van der Waals surface area (Å²) in [5.41, 5.74) is 5.13. The summed E-state index contributed by atoms with van der Waals surface area (Å²) in [5.74, 6) is 0. The lowest BCUT2D eigenvalue weighted by molar-refractivity contribution is 0.407. The van der Waals surface area contributed by atoms with Crippen molar-refractivity contribution in [3.63, 3.8) is 0 Å². The highest BCUT2D eigenvalue weighted by Crippen LogP contribution is 2.31. The van der Waals surface area contributed by atoms with Crippen LogP contribution in [0.1, 0.15) is 13.8 Å². The van der Waals surface area contributed by atoms with Gasteiger partial charge in [0, 0.05) is 66.0 Å². The van der Waals surface area contributed by atoms with Crippen LogP contribution in [0.4, 0.5) is 5.69 Å². The van der Waals surface area contributed by atoms with Crippen LogP contribution in [0.5, 0.6) is 0 Å². The highest BCUT2D eigenvalue weighted by atomic mass is 32.2. The Bertz CT molecular complexity index is 1480. The molecule has 5 heterocycles. The summed E-state index contributed by atoms with van der Waals surface area (Å²) in [6.07, 6.45) is 7.94. The molecule has 2 atom stereocenters. The van der Waals surface area contributed by atoms with Gasteiger partial charge in [-0.2, -0.15) is 5.10 Å². The molecule has 34 heavy (non-hydrogen) atoms. The number of anilines is 1. The van der Waals surface area contributed by atoms with Crippen molar-refractivity contribution in [2.75, 3.05) is 18.0 Å². The maximum atomic E-state index is 4.73. The zero-order valence-electron chi connectivity index (χ0n) is 19.4. The van der Waals surface area contributed by atoms with Crippen LogP contribution >= 0.6 is 11.8 Å². The van der Waals surface area contributed by atoms with Crippen molar-refractivity contribution >= 4 is 34.0 Å². The Morgan fingerprint density at radius 2 is 1.79 bits per heavy atom. The number of hydrogen-bond donors (Lipinski definition) is 1. The molecule has 0 amide bonds. The molecule has 1 saturated heterocycles. The summed E-state index contributed by atoms with van der Waals surface area (Å²) in [6.45, 7) is 6.43. The number of fused-ring (bicyclic) bond motifs is 2. The minimum absolute atomic E-state index is 0.458. The summed E-state index contributed by atoms with van der Waals surface area (Å²) in [5, 5.41) is 18.6. The van der Waals surface area contributed by atoms with E-state index in [4.69, 9.17) is 4.98 Å². The normalized spacial score (nSPS) is 18.7. The van der Waals surface area contributed by atoms with Crippen LogP contribution in [-0.4, -0.2) is 54.5 Å². The van der Waals surface area contributed by atoms with Crippen molar-refractivity contribution in [3.05, 3.63) is 61.2 Å². The average Bonchev–Trinajstić information content (AvgIpc) is 3.44. The van der Waals surface area contributed by atoms with E-state index in [1.165, 1.54) is 5.69 Å². The van der Waals surface area contributed by atoms with Crippen LogP contribution in [0.25, 0.3) is 27.7 Å². The van der Waals surface area contributed by atoms with Gasteiger partial charge in [-0.1, -0.05) is 0 Å². The zero-order valence-corrected chi connectivity index (χ0v) is 20.2. The van der Waals surface area contributed by atoms with E-state index in [1.54, 1.807) is 16.4 Å². The van der Waals surface area contributed by atoms with E-state index in [-0.39, 0.29) is 0 Å². The molecule has 172 valence electrons. The summed E-state index contributed by atoms with van der Waals surface area (Å²) in [4.78, 5) is 8.26. The lowest BCUT2D eigenvalue weighted by Crippen LogP contribution is -2.54. The van der Waals surface area contributed by atoms with Gasteiger partial charge in [0.1, 0.15) is 0 Å². The topological polar surface area (TPSA) is 76.2 Å². The maximum absolute atomic E-state index is 4.73. The predicted octanol–water partition coefficient (Wildman–Crippen LogP) is 4.02. The fourth-order valence-electron chi connectivity index (χ4n) is 4.66. The number of nitrogens with zero attached hydrogens (tertiary/aromatic N) is 7. The van der Waals surface area contributed by atoms with Crippen LogP contribution in [0.2, 0.25) is 0 Å². The summed E-state index contributed by atoms with van der Waals surface area (Å²) >= 11 is 1.61. The number of piperazine rings is 1. The molecule has 9 heteroatoms. The highest BCUT2D eigenvalue weighted by molar-refractivity contribution is 7.99. The first-order chi connectivity index (χ1) is 16.5. The van der Waals surface area contributed by atoms with Gasteiger partial charge in [0.15, 0.2) is 10.8 Å². The molecule has 0 bridgehead atoms. The van der Waals surface area contributed by atoms with Gasteiger partial charge >= 0.3 is 0 Å². The predicted molar refractivity (Wildman–Crippen MR) is 135 cm³/mol. The molecule has 8 nitrogen and oxygen atoms in total. The lowest BCUT2D eigenvalue weighted by atomic mass is 10.1. The molecule has 0 unspecified atom stereocenters. The van der Waals surface area contributed by atoms with E-state index in [1.807, 2.05) is 36.1 Å². The van der Waals surface area contributed by atoms with Gasteiger partial charge in [0.05, 0.1) is 23.6 Å². The largest absolute Gasteiger partial charge is 0.367 e. The first-order valence-corrected chi connectivity index (χ1v) is 12.3. The lowest BCUT2D eigenvalue weighted by Gasteiger charge is -2.37. The van der Waals surface area contributed by atoms with Gasteiger partial charge in [-0.05, 0) is 62.0 Å². The third kappa shape index (κ3) is 4.01. The Morgan fingerprint density at radius 3 is 2.59 bits per heavy atom. The second-order valence-electron chi connectivity index (χ2n) is 9.06. The number of pyridine rings is 2. The Balaban J connectivity index is 1.31. The molecule has 1 aliphatic rings. The summed E-state index contributed by atoms with van der Waals surface area (Å²) in [6, 6.07) is 13.6. The van der Waals surface area contributed by atoms with E-state index in [0.29, 0.717) is 12.1 Å². The van der Waals surface area contributed by atoms with Gasteiger partial charge < -0.3 is 10.2 Å². The van der Waals surface area contributed by atoms with Crippen molar-refractivity contribution in [1.82, 2.24) is 34.7 Å². The maximum Gasteiger partial charge on any atom is 0.200 e. The van der Waals surface area contributed by atoms with Crippen molar-refractivity contribution in [2.24, 2.45) is 7.05 Å². The molecule has 0 aliphatic carbocycles. The quantitative estimate of drug-likeness (QED) is 0.425. The highest BCUT2D eigenvalue weighted by Gasteiger charge is 2.21. The molecular formula is C25H26N8S. The van der Waals surface area contributed by atoms with Crippen LogP contribution in [-0.2, 0) is 7.05 Å². The smallest absolute Gasteiger partial charge is 0.200 e. The Labute approximate surface area is 202 Å². The number of benzene rings is 1. The minimum Gasteiger partial charge on any atom is -0.367 e. The number of aromatic nitrogens is 6. The Kier molecular flexibility index (Phi) is 5.23. The standard InChI is InChI=1S/C25H26N8S/c1-16-12-32(13-17(2)28-16)21-8-19-9-22(5-6-23(19)26-11-21)34-25-30-29-24-7-4-18(15-33(24)25)20-10-27-31(3)14-20/h4-11,14-17,28H,12-13H2,1-3H3/t16-,17+. The Hall–Kier alpha value is -3.43. The number of rotatable bonds is 4. The first kappa shape index (κ1) is 21.1. The third-order valence-corrected chi connectivity index (χ3v) is 7.13. The fraction of sp³-hybridized carbons (Fsp3) is 0.280. The van der Waals surface area contributed by atoms with Crippen molar-refractivity contribution in [2.45, 2.75) is 36.0 Å². The van der Waals surface area contributed by atoms with Crippen molar-refractivity contribution < 1.29 is 0 Å². The van der Waals surface area contributed by atoms with Gasteiger partial charge in [-0.15, -0.1) is 10.2 Å². The monoisotopic (exact) mass is 470 g/mol. The minimum atomic E-state index is 0.458. The van der Waals surface area contributed by atoms with Gasteiger partial charge in [0.25, 0.3) is 0 Å². The van der Waals surface area contributed by atoms with E-state index < -0.39 is 0 Å². The third-order valence-electron chi connectivity index (χ3n) is 6.18. The fourth-order valence-corrected chi connectivity index (χ4v) is 5.52. The van der Waals surface area contributed by atoms with Gasteiger partial charge in [0.2, 0.25) is 0 Å². The van der Waals surface area contributed by atoms with Gasteiger partial charge in [-0.25, -0.2) is 0 Å². The summed E-state index contributed by atoms with van der Waals surface area (Å²) in [7, 11) is 1.92. The van der Waals surface area contributed by atoms with Crippen LogP contribution in [0.3, 0.4) is 0 Å². The molecule has 0 saturated carbocycles. The molecule has 1 N–H and O–H groups in total. The van der Waals surface area contributed by atoms with E-state index >= 15 is 0 Å². The second kappa shape index (κ2) is 8.41. The second-order valence-corrected chi connectivity index (χ2v) is 10.1. The van der Waals surface area contributed by atoms with Crippen LogP contribution < -0.4 is 10.2 Å². The van der Waals surface area contributed by atoms with E-state index in [9.17, 15) is 0 Å². The molecule has 0 spiro atoms. The molecule has 6 rings (SSSR count). The van der Waals surface area contributed by atoms with Crippen molar-refractivity contribution in [1.29, 1.82) is 0 Å². The first-order valence-electron chi connectivity index (χ1n) is 11.4. The SMILES string of the molecule is C[C@@H]1CN(c2cnc3ccc(Sc4nnc5ccc(-c6cnn(C)c6)cn45)cc3c2)C[C@H](C)N1. The Morgan fingerprint density at radius 1 is 0.941 bits per heavy atom. The number of nitrogens with one attached hydrogen (secondary N) is 1. The van der Waals surface area contributed by atoms with Crippen molar-refractivity contribution in [3.8, 4) is 11.1 Å². The molecule has 1 fully saturated rings. The average molecular weight is 471 g/mol. The van der Waals surface area contributed by atoms with Crippen LogP contribution in [0.15, 0.2) is 71.2 Å². The zero-order chi connectivity index (χ0) is 23.2. The van der Waals surface area contributed by atoms with E-state index in [2.05, 4.69) is 75.9 Å².